The van der Waals surface area contributed by atoms with Gasteiger partial charge in [0.2, 0.25) is 16.5 Å². The monoisotopic (exact) mass is 499 g/mol. The predicted molar refractivity (Wildman–Crippen MR) is 128 cm³/mol. The van der Waals surface area contributed by atoms with E-state index in [0.717, 1.165) is 24.6 Å². The Hall–Kier alpha value is -3.42. The fourth-order valence-electron chi connectivity index (χ4n) is 4.39. The molecule has 3 aromatic rings. The number of aromatic carboxylic acids is 1. The average Bonchev–Trinajstić information content (AvgIpc) is 3.31. The Morgan fingerprint density at radius 2 is 2.11 bits per heavy atom. The summed E-state index contributed by atoms with van der Waals surface area (Å²) in [6.07, 6.45) is 2.59. The molecule has 2 saturated heterocycles. The highest BCUT2D eigenvalue weighted by atomic mass is 32.1. The minimum absolute atomic E-state index is 0.00791. The van der Waals surface area contributed by atoms with Crippen molar-refractivity contribution in [3.8, 4) is 5.13 Å². The quantitative estimate of drug-likeness (QED) is 0.480. The number of anilines is 1. The smallest absolute Gasteiger partial charge is 0.341 e. The van der Waals surface area contributed by atoms with Gasteiger partial charge in [0.15, 0.2) is 5.65 Å². The standard InChI is InChI=1S/C22H25N7O5S/c1-12-5-16(28-7-13(8-28)20(31)23-6-14-9-27(2)3-4-34-14)26-19-17(12)18(30)15(21(32)33)10-29(19)22-24-11-25-35-22/h5,10-11,13-14H,3-4,6-9H2,1-2H3,(H,23,31)(H,32,33). The van der Waals surface area contributed by atoms with Crippen LogP contribution in [0.15, 0.2) is 23.4 Å². The second kappa shape index (κ2) is 9.32. The molecule has 1 amide bonds. The molecule has 3 aromatic heterocycles. The normalized spacial score (nSPS) is 19.0. The summed E-state index contributed by atoms with van der Waals surface area (Å²) in [5.74, 6) is -0.904. The second-order valence-electron chi connectivity index (χ2n) is 8.87. The lowest BCUT2D eigenvalue weighted by Crippen LogP contribution is -2.55. The van der Waals surface area contributed by atoms with E-state index in [9.17, 15) is 19.5 Å². The van der Waals surface area contributed by atoms with Crippen molar-refractivity contribution in [1.82, 2.24) is 29.1 Å². The van der Waals surface area contributed by atoms with Crippen LogP contribution in [0.2, 0.25) is 0 Å². The third-order valence-corrected chi connectivity index (χ3v) is 7.02. The van der Waals surface area contributed by atoms with Crippen LogP contribution in [-0.2, 0) is 9.53 Å². The van der Waals surface area contributed by atoms with E-state index in [-0.39, 0.29) is 28.9 Å². The molecule has 5 heterocycles. The number of carboxylic acids is 1. The van der Waals surface area contributed by atoms with Crippen LogP contribution in [0.25, 0.3) is 16.2 Å². The molecule has 2 fully saturated rings. The molecule has 5 rings (SSSR count). The number of ether oxygens (including phenoxy) is 1. The van der Waals surface area contributed by atoms with Gasteiger partial charge >= 0.3 is 5.97 Å². The first-order valence-corrected chi connectivity index (χ1v) is 12.0. The van der Waals surface area contributed by atoms with Gasteiger partial charge in [-0.15, -0.1) is 0 Å². The number of nitrogens with zero attached hydrogens (tertiary/aromatic N) is 6. The lowest BCUT2D eigenvalue weighted by Gasteiger charge is -2.39. The summed E-state index contributed by atoms with van der Waals surface area (Å²) in [6.45, 7) is 5.55. The molecule has 1 unspecified atom stereocenters. The van der Waals surface area contributed by atoms with Gasteiger partial charge in [-0.25, -0.2) is 14.8 Å². The summed E-state index contributed by atoms with van der Waals surface area (Å²) in [5.41, 5.74) is -0.0542. The zero-order chi connectivity index (χ0) is 24.7. The first kappa shape index (κ1) is 23.3. The number of nitrogens with one attached hydrogen (secondary N) is 1. The summed E-state index contributed by atoms with van der Waals surface area (Å²) >= 11 is 1.07. The number of rotatable bonds is 6. The average molecular weight is 500 g/mol. The molecule has 35 heavy (non-hydrogen) atoms. The van der Waals surface area contributed by atoms with Crippen molar-refractivity contribution in [2.24, 2.45) is 5.92 Å². The molecule has 2 aliphatic heterocycles. The SMILES string of the molecule is Cc1cc(N2CC(C(=O)NCC3CN(C)CCO3)C2)nc2c1c(=O)c(C(=O)O)cn2-c1ncns1. The van der Waals surface area contributed by atoms with Gasteiger partial charge in [0, 0.05) is 50.5 Å². The van der Waals surface area contributed by atoms with E-state index in [0.29, 0.717) is 48.4 Å². The fraction of sp³-hybridized carbons (Fsp3) is 0.455. The highest BCUT2D eigenvalue weighted by molar-refractivity contribution is 7.08. The fourth-order valence-corrected chi connectivity index (χ4v) is 4.90. The zero-order valence-corrected chi connectivity index (χ0v) is 20.1. The Labute approximate surface area is 204 Å². The van der Waals surface area contributed by atoms with Gasteiger partial charge in [0.05, 0.1) is 24.0 Å². The first-order chi connectivity index (χ1) is 16.8. The van der Waals surface area contributed by atoms with Crippen molar-refractivity contribution < 1.29 is 19.4 Å². The van der Waals surface area contributed by atoms with Gasteiger partial charge in [-0.05, 0) is 25.6 Å². The molecule has 1 atom stereocenters. The summed E-state index contributed by atoms with van der Waals surface area (Å²) in [5, 5.41) is 13.1. The molecule has 0 radical (unpaired) electrons. The lowest BCUT2D eigenvalue weighted by molar-refractivity contribution is -0.126. The topological polar surface area (TPSA) is 143 Å². The Bertz CT molecular complexity index is 1340. The molecule has 2 N–H and O–H groups in total. The number of carbonyl (C=O) groups is 2. The van der Waals surface area contributed by atoms with Crippen LogP contribution in [0.1, 0.15) is 15.9 Å². The Morgan fingerprint density at radius 1 is 1.31 bits per heavy atom. The Morgan fingerprint density at radius 3 is 2.80 bits per heavy atom. The number of aryl methyl sites for hydroxylation is 1. The van der Waals surface area contributed by atoms with Crippen molar-refractivity contribution in [3.63, 3.8) is 0 Å². The van der Waals surface area contributed by atoms with Gasteiger partial charge in [-0.1, -0.05) is 0 Å². The van der Waals surface area contributed by atoms with E-state index >= 15 is 0 Å². The van der Waals surface area contributed by atoms with Crippen LogP contribution in [0.4, 0.5) is 5.82 Å². The van der Waals surface area contributed by atoms with Gasteiger partial charge < -0.3 is 25.0 Å². The number of fused-ring (bicyclic) bond motifs is 1. The largest absolute Gasteiger partial charge is 0.477 e. The van der Waals surface area contributed by atoms with Crippen LogP contribution in [0.5, 0.6) is 0 Å². The molecule has 12 nitrogen and oxygen atoms in total. The minimum Gasteiger partial charge on any atom is -0.477 e. The number of pyridine rings is 2. The maximum absolute atomic E-state index is 12.9. The zero-order valence-electron chi connectivity index (χ0n) is 19.3. The maximum Gasteiger partial charge on any atom is 0.341 e. The van der Waals surface area contributed by atoms with E-state index < -0.39 is 11.4 Å². The molecule has 2 aliphatic rings. The van der Waals surface area contributed by atoms with E-state index in [4.69, 9.17) is 4.74 Å². The van der Waals surface area contributed by atoms with Gasteiger partial charge in [-0.3, -0.25) is 14.2 Å². The second-order valence-corrected chi connectivity index (χ2v) is 9.63. The molecule has 184 valence electrons. The number of likely N-dealkylation sites (N-methyl/N-ethyl adjacent to an activating group) is 1. The number of hydrogen-bond acceptors (Lipinski definition) is 10. The van der Waals surface area contributed by atoms with Gasteiger partial charge in [0.25, 0.3) is 0 Å². The van der Waals surface area contributed by atoms with Crippen LogP contribution < -0.4 is 15.6 Å². The van der Waals surface area contributed by atoms with Crippen LogP contribution in [-0.4, -0.2) is 93.3 Å². The number of carboxylic acid groups (broad SMARTS) is 1. The molecular formula is C22H25N7O5S. The van der Waals surface area contributed by atoms with Crippen LogP contribution >= 0.6 is 11.5 Å². The lowest BCUT2D eigenvalue weighted by atomic mass is 9.98. The van der Waals surface area contributed by atoms with Crippen LogP contribution in [0.3, 0.4) is 0 Å². The predicted octanol–water partition coefficient (Wildman–Crippen LogP) is 0.127. The molecule has 0 aromatic carbocycles. The van der Waals surface area contributed by atoms with Gasteiger partial charge in [-0.2, -0.15) is 4.37 Å². The van der Waals surface area contributed by atoms with Gasteiger partial charge in [0.1, 0.15) is 17.7 Å². The van der Waals surface area contributed by atoms with E-state index in [1.165, 1.54) is 17.1 Å². The van der Waals surface area contributed by atoms with E-state index in [1.54, 1.807) is 13.0 Å². The molecular weight excluding hydrogens is 474 g/mol. The number of hydrogen-bond donors (Lipinski definition) is 2. The highest BCUT2D eigenvalue weighted by Gasteiger charge is 2.34. The molecule has 0 bridgehead atoms. The maximum atomic E-state index is 12.9. The summed E-state index contributed by atoms with van der Waals surface area (Å²) < 4.78 is 11.2. The van der Waals surface area contributed by atoms with Crippen molar-refractivity contribution in [2.45, 2.75) is 13.0 Å². The Balaban J connectivity index is 1.36. The molecule has 0 aliphatic carbocycles. The van der Waals surface area contributed by atoms with Crippen molar-refractivity contribution in [2.75, 3.05) is 51.3 Å². The Kier molecular flexibility index (Phi) is 6.21. The van der Waals surface area contributed by atoms with Crippen molar-refractivity contribution >= 4 is 40.3 Å². The first-order valence-electron chi connectivity index (χ1n) is 11.2. The highest BCUT2D eigenvalue weighted by Crippen LogP contribution is 2.28. The minimum atomic E-state index is -1.32. The van der Waals surface area contributed by atoms with E-state index in [1.807, 2.05) is 11.9 Å². The number of carbonyl (C=O) groups excluding carboxylic acids is 1. The summed E-state index contributed by atoms with van der Waals surface area (Å²) in [6, 6.07) is 1.75. The van der Waals surface area contributed by atoms with Crippen molar-refractivity contribution in [3.05, 3.63) is 39.9 Å². The summed E-state index contributed by atoms with van der Waals surface area (Å²) in [4.78, 5) is 50.2. The molecule has 13 heteroatoms. The number of morpholine rings is 1. The van der Waals surface area contributed by atoms with Crippen LogP contribution in [0, 0.1) is 12.8 Å². The molecule has 0 saturated carbocycles. The third-order valence-electron chi connectivity index (χ3n) is 6.35. The number of aromatic nitrogens is 4. The van der Waals surface area contributed by atoms with Crippen molar-refractivity contribution in [1.29, 1.82) is 0 Å². The summed E-state index contributed by atoms with van der Waals surface area (Å²) in [7, 11) is 2.03. The number of amides is 1. The van der Waals surface area contributed by atoms with E-state index in [2.05, 4.69) is 24.6 Å². The molecule has 0 spiro atoms. The third kappa shape index (κ3) is 4.49.